The Kier molecular flexibility index (Phi) is 15.5. The van der Waals surface area contributed by atoms with Gasteiger partial charge < -0.3 is 20.5 Å². The standard InChI is InChI=1S/C25H35NO.C21H26O2.C4H9N.CH4/c1-25(2,3)21-10-13-23(14-11-21)27-24-12-9-19-15-18(7-8-20(19)16-24)17-26-22-5-4-6-22;1-21(2,3)18-7-10-19(11-8-18)23-20-9-6-16-12-15(14-22)4-5-17(16)13-20;5-4-2-1-3-4;/h7-9,12,15-16,21-23,26H,4-6,10-11,13-14,17H2,1-3H3;4-6,9,12-14,18-19H,7-8,10-11H2,1-3H3;4H,1-3,5H2;1H4. The van der Waals surface area contributed by atoms with E-state index in [9.17, 15) is 4.79 Å². The first-order valence-electron chi connectivity index (χ1n) is 21.7. The van der Waals surface area contributed by atoms with E-state index >= 15 is 0 Å². The molecule has 0 heterocycles. The first-order chi connectivity index (χ1) is 26.3. The molecule has 0 radical (unpaired) electrons. The minimum Gasteiger partial charge on any atom is -0.490 e. The lowest BCUT2D eigenvalue weighted by molar-refractivity contribution is 0.0881. The Balaban J connectivity index is 0.000000189. The van der Waals surface area contributed by atoms with Gasteiger partial charge in [0.15, 0.2) is 0 Å². The van der Waals surface area contributed by atoms with Crippen molar-refractivity contribution < 1.29 is 14.3 Å². The molecule has 306 valence electrons. The number of nitrogens with one attached hydrogen (secondary N) is 1. The van der Waals surface area contributed by atoms with Crippen molar-refractivity contribution in [3.63, 3.8) is 0 Å². The van der Waals surface area contributed by atoms with Crippen LogP contribution in [0.15, 0.2) is 72.8 Å². The number of carbonyl (C=O) groups excluding carboxylic acids is 1. The molecular formula is C51H74N2O3. The van der Waals surface area contributed by atoms with Crippen molar-refractivity contribution in [2.45, 2.75) is 170 Å². The van der Waals surface area contributed by atoms with E-state index < -0.39 is 0 Å². The van der Waals surface area contributed by atoms with Gasteiger partial charge in [0.25, 0.3) is 0 Å². The molecule has 8 rings (SSSR count). The minimum absolute atomic E-state index is 0. The second-order valence-corrected chi connectivity index (χ2v) is 19.3. The molecule has 0 bridgehead atoms. The average molecular weight is 763 g/mol. The fourth-order valence-corrected chi connectivity index (χ4v) is 8.64. The normalized spacial score (nSPS) is 22.9. The van der Waals surface area contributed by atoms with E-state index in [1.165, 1.54) is 93.4 Å². The molecule has 56 heavy (non-hydrogen) atoms. The summed E-state index contributed by atoms with van der Waals surface area (Å²) in [5.41, 5.74) is 8.31. The topological polar surface area (TPSA) is 73.6 Å². The zero-order valence-corrected chi connectivity index (χ0v) is 34.9. The summed E-state index contributed by atoms with van der Waals surface area (Å²) in [6.07, 6.45) is 19.3. The zero-order chi connectivity index (χ0) is 39.0. The highest BCUT2D eigenvalue weighted by Crippen LogP contribution is 2.40. The fourth-order valence-electron chi connectivity index (χ4n) is 8.64. The van der Waals surface area contributed by atoms with E-state index in [4.69, 9.17) is 15.2 Å². The van der Waals surface area contributed by atoms with Crippen LogP contribution in [0.25, 0.3) is 21.5 Å². The molecule has 0 amide bonds. The lowest BCUT2D eigenvalue weighted by atomic mass is 9.72. The predicted octanol–water partition coefficient (Wildman–Crippen LogP) is 13.2. The molecule has 4 saturated carbocycles. The van der Waals surface area contributed by atoms with Gasteiger partial charge in [-0.25, -0.2) is 0 Å². The molecule has 0 spiro atoms. The van der Waals surface area contributed by atoms with E-state index in [-0.39, 0.29) is 7.43 Å². The molecule has 4 aromatic rings. The maximum Gasteiger partial charge on any atom is 0.150 e. The van der Waals surface area contributed by atoms with E-state index in [1.54, 1.807) is 0 Å². The summed E-state index contributed by atoms with van der Waals surface area (Å²) in [4.78, 5) is 10.9. The summed E-state index contributed by atoms with van der Waals surface area (Å²) >= 11 is 0. The summed E-state index contributed by atoms with van der Waals surface area (Å²) in [7, 11) is 0. The van der Waals surface area contributed by atoms with E-state index in [0.29, 0.717) is 34.6 Å². The summed E-state index contributed by atoms with van der Waals surface area (Å²) in [5, 5.41) is 8.45. The van der Waals surface area contributed by atoms with Crippen LogP contribution in [-0.4, -0.2) is 30.6 Å². The van der Waals surface area contributed by atoms with Gasteiger partial charge in [-0.05, 0) is 163 Å². The highest BCUT2D eigenvalue weighted by atomic mass is 16.5. The van der Waals surface area contributed by atoms with Gasteiger partial charge in [0.1, 0.15) is 17.8 Å². The quantitative estimate of drug-likeness (QED) is 0.175. The maximum absolute atomic E-state index is 10.9. The summed E-state index contributed by atoms with van der Waals surface area (Å²) in [6, 6.07) is 26.6. The fraction of sp³-hybridized carbons (Fsp3) is 0.588. The van der Waals surface area contributed by atoms with Crippen molar-refractivity contribution in [3.8, 4) is 11.5 Å². The molecule has 4 aliphatic rings. The average Bonchev–Trinajstić information content (AvgIpc) is 3.13. The van der Waals surface area contributed by atoms with Crippen LogP contribution in [0.1, 0.15) is 155 Å². The Bertz CT molecular complexity index is 1810. The van der Waals surface area contributed by atoms with Gasteiger partial charge >= 0.3 is 0 Å². The van der Waals surface area contributed by atoms with E-state index in [1.807, 2.05) is 30.3 Å². The number of carbonyl (C=O) groups is 1. The minimum atomic E-state index is 0. The first-order valence-corrected chi connectivity index (χ1v) is 21.7. The van der Waals surface area contributed by atoms with Gasteiger partial charge in [0.2, 0.25) is 0 Å². The van der Waals surface area contributed by atoms with Crippen LogP contribution >= 0.6 is 0 Å². The van der Waals surface area contributed by atoms with E-state index in [2.05, 4.69) is 89.3 Å². The molecule has 4 fully saturated rings. The number of hydrogen-bond donors (Lipinski definition) is 2. The second kappa shape index (κ2) is 19.8. The van der Waals surface area contributed by atoms with Crippen molar-refractivity contribution in [2.75, 3.05) is 0 Å². The molecule has 5 nitrogen and oxygen atoms in total. The van der Waals surface area contributed by atoms with Crippen LogP contribution < -0.4 is 20.5 Å². The number of ether oxygens (including phenoxy) is 2. The molecule has 0 unspecified atom stereocenters. The Morgan fingerprint density at radius 3 is 1.43 bits per heavy atom. The Labute approximate surface area is 339 Å². The molecule has 0 aromatic heterocycles. The Morgan fingerprint density at radius 2 is 1.02 bits per heavy atom. The number of aldehydes is 1. The first kappa shape index (κ1) is 43.7. The largest absolute Gasteiger partial charge is 0.490 e. The van der Waals surface area contributed by atoms with Crippen LogP contribution in [0.3, 0.4) is 0 Å². The van der Waals surface area contributed by atoms with Gasteiger partial charge in [-0.1, -0.05) is 98.2 Å². The third-order valence-corrected chi connectivity index (χ3v) is 13.1. The van der Waals surface area contributed by atoms with Crippen LogP contribution in [0.4, 0.5) is 0 Å². The third kappa shape index (κ3) is 12.5. The van der Waals surface area contributed by atoms with Crippen LogP contribution in [0, 0.1) is 22.7 Å². The van der Waals surface area contributed by atoms with Crippen molar-refractivity contribution in [3.05, 3.63) is 83.9 Å². The van der Waals surface area contributed by atoms with Gasteiger partial charge in [-0.15, -0.1) is 0 Å². The van der Waals surface area contributed by atoms with Gasteiger partial charge in [0.05, 0.1) is 12.2 Å². The highest BCUT2D eigenvalue weighted by Gasteiger charge is 2.31. The van der Waals surface area contributed by atoms with Crippen LogP contribution in [0.2, 0.25) is 0 Å². The maximum atomic E-state index is 10.9. The second-order valence-electron chi connectivity index (χ2n) is 19.3. The highest BCUT2D eigenvalue weighted by molar-refractivity contribution is 5.89. The molecular weight excluding hydrogens is 689 g/mol. The molecule has 3 N–H and O–H groups in total. The number of rotatable bonds is 8. The molecule has 0 atom stereocenters. The lowest BCUT2D eigenvalue weighted by Gasteiger charge is -2.37. The Morgan fingerprint density at radius 1 is 0.589 bits per heavy atom. The SMILES string of the molecule is C.CC(C)(C)C1CCC(Oc2ccc3cc(C=O)ccc3c2)CC1.CC(C)(C)C1CCC(Oc2ccc3cc(CNC4CCC4)ccc3c2)CC1.NC1CCC1. The zero-order valence-electron chi connectivity index (χ0n) is 34.9. The smallest absolute Gasteiger partial charge is 0.150 e. The number of nitrogens with two attached hydrogens (primary N) is 1. The number of hydrogen-bond acceptors (Lipinski definition) is 5. The summed E-state index contributed by atoms with van der Waals surface area (Å²) < 4.78 is 12.6. The molecule has 4 aliphatic carbocycles. The van der Waals surface area contributed by atoms with Gasteiger partial charge in [-0.3, -0.25) is 4.79 Å². The van der Waals surface area contributed by atoms with Crippen molar-refractivity contribution in [1.29, 1.82) is 0 Å². The third-order valence-electron chi connectivity index (χ3n) is 13.1. The van der Waals surface area contributed by atoms with Crippen molar-refractivity contribution >= 4 is 27.8 Å². The monoisotopic (exact) mass is 763 g/mol. The van der Waals surface area contributed by atoms with Crippen molar-refractivity contribution in [2.24, 2.45) is 28.4 Å². The van der Waals surface area contributed by atoms with Crippen LogP contribution in [-0.2, 0) is 6.54 Å². The number of fused-ring (bicyclic) bond motifs is 2. The summed E-state index contributed by atoms with van der Waals surface area (Å²) in [5.74, 6) is 3.61. The molecule has 5 heteroatoms. The predicted molar refractivity (Wildman–Crippen MR) is 238 cm³/mol. The van der Waals surface area contributed by atoms with Gasteiger partial charge in [-0.2, -0.15) is 0 Å². The molecule has 0 aliphatic heterocycles. The van der Waals surface area contributed by atoms with Crippen molar-refractivity contribution in [1.82, 2.24) is 5.32 Å². The number of benzene rings is 4. The lowest BCUT2D eigenvalue weighted by Crippen LogP contribution is -2.34. The Hall–Kier alpha value is -3.41. The van der Waals surface area contributed by atoms with Gasteiger partial charge in [0, 0.05) is 24.2 Å². The van der Waals surface area contributed by atoms with Crippen LogP contribution in [0.5, 0.6) is 11.5 Å². The summed E-state index contributed by atoms with van der Waals surface area (Å²) in [6.45, 7) is 15.1. The van der Waals surface area contributed by atoms with E-state index in [0.717, 1.165) is 65.8 Å². The molecule has 4 aromatic carbocycles. The molecule has 0 saturated heterocycles.